The first-order chi connectivity index (χ1) is 13.1. The van der Waals surface area contributed by atoms with Crippen LogP contribution in [0.4, 0.5) is 5.00 Å². The van der Waals surface area contributed by atoms with Gasteiger partial charge in [0.15, 0.2) is 5.16 Å². The fraction of sp³-hybridized carbons (Fsp3) is 0.211. The molecule has 0 bridgehead atoms. The van der Waals surface area contributed by atoms with E-state index in [1.807, 2.05) is 30.3 Å². The van der Waals surface area contributed by atoms with E-state index in [1.54, 1.807) is 6.92 Å². The van der Waals surface area contributed by atoms with Gasteiger partial charge in [0.1, 0.15) is 15.9 Å². The zero-order chi connectivity index (χ0) is 19.4. The normalized spacial score (nSPS) is 10.7. The summed E-state index contributed by atoms with van der Waals surface area (Å²) < 4.78 is 7.16. The first-order valence-electron chi connectivity index (χ1n) is 8.28. The molecule has 1 aromatic carbocycles. The molecule has 0 spiro atoms. The molecule has 0 fully saturated rings. The molecule has 2 aromatic heterocycles. The minimum Gasteiger partial charge on any atom is -0.462 e. The number of nitrogens with two attached hydrogens (primary N) is 1. The molecule has 3 rings (SSSR count). The molecule has 0 saturated carbocycles. The van der Waals surface area contributed by atoms with Crippen LogP contribution in [-0.4, -0.2) is 22.1 Å². The van der Waals surface area contributed by atoms with Gasteiger partial charge >= 0.3 is 5.97 Å². The highest BCUT2D eigenvalue weighted by molar-refractivity contribution is 7.98. The van der Waals surface area contributed by atoms with Gasteiger partial charge in [-0.3, -0.25) is 0 Å². The Bertz CT molecular complexity index is 1050. The van der Waals surface area contributed by atoms with E-state index in [0.717, 1.165) is 27.5 Å². The van der Waals surface area contributed by atoms with E-state index in [-0.39, 0.29) is 6.61 Å². The maximum Gasteiger partial charge on any atom is 0.348 e. The number of para-hydroxylation sites is 2. The Morgan fingerprint density at radius 1 is 1.52 bits per heavy atom. The average molecular weight is 399 g/mol. The second-order valence-electron chi connectivity index (χ2n) is 5.55. The van der Waals surface area contributed by atoms with Crippen LogP contribution in [0.2, 0.25) is 0 Å². The van der Waals surface area contributed by atoms with Crippen molar-refractivity contribution in [2.24, 2.45) is 0 Å². The van der Waals surface area contributed by atoms with Crippen LogP contribution in [0, 0.1) is 11.3 Å². The van der Waals surface area contributed by atoms with Gasteiger partial charge in [-0.25, -0.2) is 9.78 Å². The second-order valence-corrected chi connectivity index (χ2v) is 7.55. The van der Waals surface area contributed by atoms with Crippen molar-refractivity contribution >= 4 is 45.1 Å². The topological polar surface area (TPSA) is 93.9 Å². The Labute approximate surface area is 165 Å². The lowest BCUT2D eigenvalue weighted by molar-refractivity contribution is 0.0531. The summed E-state index contributed by atoms with van der Waals surface area (Å²) in [6.45, 7) is 6.44. The quantitative estimate of drug-likeness (QED) is 0.364. The summed E-state index contributed by atoms with van der Waals surface area (Å²) in [5.74, 6) is -0.0588. The molecule has 3 aromatic rings. The number of imidazole rings is 1. The standard InChI is InChI=1S/C19H18N4O2S2/c1-3-9-23-15-8-6-5-7-14(15)22-19(23)26-11-13-12(10-20)17(21)27-16(13)18(24)25-4-2/h3,5-8H,1,4,9,11,21H2,2H3. The number of nitrogen functional groups attached to an aromatic ring is 1. The molecule has 6 nitrogen and oxygen atoms in total. The van der Waals surface area contributed by atoms with Crippen LogP contribution in [0.1, 0.15) is 27.7 Å². The van der Waals surface area contributed by atoms with Gasteiger partial charge in [-0.15, -0.1) is 17.9 Å². The summed E-state index contributed by atoms with van der Waals surface area (Å²) in [6, 6.07) is 9.96. The van der Waals surface area contributed by atoms with Crippen molar-refractivity contribution in [2.45, 2.75) is 24.4 Å². The van der Waals surface area contributed by atoms with Crippen molar-refractivity contribution in [1.82, 2.24) is 9.55 Å². The Balaban J connectivity index is 1.96. The smallest absolute Gasteiger partial charge is 0.348 e. The zero-order valence-electron chi connectivity index (χ0n) is 14.8. The molecule has 0 radical (unpaired) electrons. The van der Waals surface area contributed by atoms with Gasteiger partial charge in [-0.1, -0.05) is 30.0 Å². The Morgan fingerprint density at radius 2 is 2.30 bits per heavy atom. The van der Waals surface area contributed by atoms with Gasteiger partial charge in [0.2, 0.25) is 0 Å². The van der Waals surface area contributed by atoms with Crippen molar-refractivity contribution < 1.29 is 9.53 Å². The minimum atomic E-state index is -0.453. The number of benzene rings is 1. The van der Waals surface area contributed by atoms with Crippen molar-refractivity contribution in [3.05, 3.63) is 52.9 Å². The van der Waals surface area contributed by atoms with E-state index in [0.29, 0.717) is 33.3 Å². The lowest BCUT2D eigenvalue weighted by atomic mass is 10.2. The Morgan fingerprint density at radius 3 is 3.00 bits per heavy atom. The monoisotopic (exact) mass is 398 g/mol. The largest absolute Gasteiger partial charge is 0.462 e. The highest BCUT2D eigenvalue weighted by Crippen LogP contribution is 2.36. The summed E-state index contributed by atoms with van der Waals surface area (Å²) in [7, 11) is 0. The molecule has 0 aliphatic heterocycles. The van der Waals surface area contributed by atoms with E-state index in [2.05, 4.69) is 22.2 Å². The van der Waals surface area contributed by atoms with Crippen LogP contribution >= 0.6 is 23.1 Å². The van der Waals surface area contributed by atoms with Crippen LogP contribution in [-0.2, 0) is 17.0 Å². The summed E-state index contributed by atoms with van der Waals surface area (Å²) in [5.41, 5.74) is 8.77. The highest BCUT2D eigenvalue weighted by Gasteiger charge is 2.23. The number of carbonyl (C=O) groups is 1. The average Bonchev–Trinajstić information content (AvgIpc) is 3.18. The molecule has 0 amide bonds. The summed E-state index contributed by atoms with van der Waals surface area (Å²) in [4.78, 5) is 17.3. The number of thioether (sulfide) groups is 1. The van der Waals surface area contributed by atoms with Gasteiger partial charge in [0.05, 0.1) is 23.2 Å². The van der Waals surface area contributed by atoms with Crippen LogP contribution in [0.5, 0.6) is 0 Å². The fourth-order valence-electron chi connectivity index (χ4n) is 2.71. The number of esters is 1. The lowest BCUT2D eigenvalue weighted by Gasteiger charge is -2.07. The molecular formula is C19H18N4O2S2. The number of aromatic nitrogens is 2. The molecule has 8 heteroatoms. The number of nitrogens with zero attached hydrogens (tertiary/aromatic N) is 3. The van der Waals surface area contributed by atoms with Crippen LogP contribution < -0.4 is 5.73 Å². The van der Waals surface area contributed by atoms with E-state index >= 15 is 0 Å². The van der Waals surface area contributed by atoms with Gasteiger partial charge in [0.25, 0.3) is 0 Å². The number of allylic oxidation sites excluding steroid dienone is 1. The third kappa shape index (κ3) is 3.70. The molecule has 0 atom stereocenters. The number of hydrogen-bond acceptors (Lipinski definition) is 7. The fourth-order valence-corrected chi connectivity index (χ4v) is 4.79. The van der Waals surface area contributed by atoms with Gasteiger partial charge in [-0.05, 0) is 19.1 Å². The number of hydrogen-bond donors (Lipinski definition) is 1. The number of anilines is 1. The number of thiophene rings is 1. The Hall–Kier alpha value is -2.76. The van der Waals surface area contributed by atoms with Crippen molar-refractivity contribution in [3.8, 4) is 6.07 Å². The van der Waals surface area contributed by atoms with Crippen LogP contribution in [0.25, 0.3) is 11.0 Å². The first-order valence-corrected chi connectivity index (χ1v) is 10.1. The zero-order valence-corrected chi connectivity index (χ0v) is 16.4. The minimum absolute atomic E-state index is 0.264. The molecule has 0 saturated heterocycles. The highest BCUT2D eigenvalue weighted by atomic mass is 32.2. The molecule has 2 N–H and O–H groups in total. The molecule has 0 aliphatic rings. The number of rotatable bonds is 7. The van der Waals surface area contributed by atoms with Crippen LogP contribution in [0.3, 0.4) is 0 Å². The van der Waals surface area contributed by atoms with Crippen LogP contribution in [0.15, 0.2) is 42.1 Å². The SMILES string of the molecule is C=CCn1c(SCc2c(C(=O)OCC)sc(N)c2C#N)nc2ccccc21. The number of ether oxygens (including phenoxy) is 1. The molecule has 27 heavy (non-hydrogen) atoms. The van der Waals surface area contributed by atoms with Gasteiger partial charge < -0.3 is 15.0 Å². The number of fused-ring (bicyclic) bond motifs is 1. The van der Waals surface area contributed by atoms with E-state index in [4.69, 9.17) is 10.5 Å². The van der Waals surface area contributed by atoms with Crippen molar-refractivity contribution in [3.63, 3.8) is 0 Å². The van der Waals surface area contributed by atoms with Gasteiger partial charge in [-0.2, -0.15) is 5.26 Å². The van der Waals surface area contributed by atoms with E-state index in [1.165, 1.54) is 11.8 Å². The second kappa shape index (κ2) is 8.29. The molecule has 2 heterocycles. The Kier molecular flexibility index (Phi) is 5.84. The third-order valence-corrected chi connectivity index (χ3v) is 5.93. The third-order valence-electron chi connectivity index (χ3n) is 3.88. The molecular weight excluding hydrogens is 380 g/mol. The number of carbonyl (C=O) groups excluding carboxylic acids is 1. The predicted molar refractivity (Wildman–Crippen MR) is 109 cm³/mol. The van der Waals surface area contributed by atoms with Crippen molar-refractivity contribution in [1.29, 1.82) is 5.26 Å². The summed E-state index contributed by atoms with van der Waals surface area (Å²) in [6.07, 6.45) is 1.81. The van der Waals surface area contributed by atoms with Gasteiger partial charge in [0, 0.05) is 17.9 Å². The molecule has 0 aliphatic carbocycles. The van der Waals surface area contributed by atoms with E-state index < -0.39 is 5.97 Å². The maximum atomic E-state index is 12.2. The lowest BCUT2D eigenvalue weighted by Crippen LogP contribution is -2.05. The van der Waals surface area contributed by atoms with Crippen molar-refractivity contribution in [2.75, 3.05) is 12.3 Å². The molecule has 0 unspecified atom stereocenters. The summed E-state index contributed by atoms with van der Waals surface area (Å²) in [5, 5.41) is 10.6. The number of nitriles is 1. The summed E-state index contributed by atoms with van der Waals surface area (Å²) >= 11 is 2.55. The molecule has 138 valence electrons. The van der Waals surface area contributed by atoms with E-state index in [9.17, 15) is 10.1 Å². The first kappa shape index (κ1) is 19.0. The predicted octanol–water partition coefficient (Wildman–Crippen LogP) is 4.21. The maximum absolute atomic E-state index is 12.2.